The third kappa shape index (κ3) is 3.59. The van der Waals surface area contributed by atoms with Gasteiger partial charge in [0, 0.05) is 28.8 Å². The van der Waals surface area contributed by atoms with E-state index in [9.17, 15) is 9.59 Å². The summed E-state index contributed by atoms with van der Waals surface area (Å²) in [5, 5.41) is 3.11. The van der Waals surface area contributed by atoms with Gasteiger partial charge in [-0.05, 0) is 55.3 Å². The number of methoxy groups -OCH3 is 1. The molecule has 2 aliphatic rings. The third-order valence-electron chi connectivity index (χ3n) is 6.52. The fourth-order valence-corrected chi connectivity index (χ4v) is 4.89. The number of ether oxygens (including phenoxy) is 1. The van der Waals surface area contributed by atoms with Crippen molar-refractivity contribution in [2.75, 3.05) is 26.7 Å². The lowest BCUT2D eigenvalue weighted by Gasteiger charge is -2.29. The number of amides is 1. The number of hydrogen-bond donors (Lipinski definition) is 1. The summed E-state index contributed by atoms with van der Waals surface area (Å²) in [6, 6.07) is 21.0. The second-order valence-corrected chi connectivity index (χ2v) is 8.35. The van der Waals surface area contributed by atoms with Crippen LogP contribution in [0.3, 0.4) is 0 Å². The fraction of sp³-hybridized carbons (Fsp3) is 0.259. The molecule has 5 nitrogen and oxygen atoms in total. The van der Waals surface area contributed by atoms with Gasteiger partial charge in [0.15, 0.2) is 5.78 Å². The van der Waals surface area contributed by atoms with Crippen LogP contribution in [0.4, 0.5) is 0 Å². The quantitative estimate of drug-likeness (QED) is 0.494. The highest BCUT2D eigenvalue weighted by molar-refractivity contribution is 6.22. The van der Waals surface area contributed by atoms with Crippen molar-refractivity contribution in [1.29, 1.82) is 0 Å². The van der Waals surface area contributed by atoms with E-state index in [1.54, 1.807) is 19.2 Å². The highest BCUT2D eigenvalue weighted by atomic mass is 16.5. The van der Waals surface area contributed by atoms with Gasteiger partial charge in [0.1, 0.15) is 5.75 Å². The Bertz CT molecular complexity index is 1180. The van der Waals surface area contributed by atoms with Gasteiger partial charge in [0.05, 0.1) is 13.2 Å². The zero-order valence-electron chi connectivity index (χ0n) is 18.1. The molecule has 1 amide bonds. The Kier molecular flexibility index (Phi) is 5.50. The minimum absolute atomic E-state index is 0.0192. The molecule has 3 aromatic carbocycles. The third-order valence-corrected chi connectivity index (χ3v) is 6.52. The molecule has 0 radical (unpaired) electrons. The number of nitrogens with one attached hydrogen (secondary N) is 1. The summed E-state index contributed by atoms with van der Waals surface area (Å²) in [5.41, 5.74) is 4.71. The van der Waals surface area contributed by atoms with E-state index in [0.717, 1.165) is 48.4 Å². The summed E-state index contributed by atoms with van der Waals surface area (Å²) in [6.45, 7) is 2.48. The summed E-state index contributed by atoms with van der Waals surface area (Å²) < 4.78 is 5.59. The number of nitrogens with zero attached hydrogens (tertiary/aromatic N) is 1. The molecule has 0 bridgehead atoms. The highest BCUT2D eigenvalue weighted by Gasteiger charge is 2.28. The van der Waals surface area contributed by atoms with Crippen molar-refractivity contribution in [3.63, 3.8) is 0 Å². The first-order valence-electron chi connectivity index (χ1n) is 11.1. The van der Waals surface area contributed by atoms with E-state index < -0.39 is 0 Å². The lowest BCUT2D eigenvalue weighted by molar-refractivity contribution is 0.0937. The average Bonchev–Trinajstić information content (AvgIpc) is 3.47. The molecule has 162 valence electrons. The smallest absolute Gasteiger partial charge is 0.251 e. The first kappa shape index (κ1) is 20.5. The van der Waals surface area contributed by atoms with E-state index in [0.29, 0.717) is 23.2 Å². The van der Waals surface area contributed by atoms with E-state index in [4.69, 9.17) is 4.74 Å². The van der Waals surface area contributed by atoms with Crippen molar-refractivity contribution in [3.8, 4) is 16.9 Å². The maximum atomic E-state index is 13.1. The van der Waals surface area contributed by atoms with Crippen molar-refractivity contribution in [2.24, 2.45) is 0 Å². The normalized spacial score (nSPS) is 15.8. The maximum Gasteiger partial charge on any atom is 0.251 e. The molecule has 1 saturated heterocycles. The van der Waals surface area contributed by atoms with Crippen LogP contribution in [0.25, 0.3) is 11.1 Å². The van der Waals surface area contributed by atoms with Crippen LogP contribution in [0.5, 0.6) is 5.75 Å². The number of rotatable bonds is 6. The van der Waals surface area contributed by atoms with Crippen molar-refractivity contribution in [1.82, 2.24) is 10.2 Å². The number of para-hydroxylation sites is 1. The standard InChI is InChI=1S/C27H26N2O3/c1-32-25-11-5-4-10-22(25)24(29-14-6-7-15-29)17-28-27(31)18-12-13-20-19-8-2-3-9-21(19)26(30)23(20)16-18/h2-5,8-13,16,24H,6-7,14-15,17H2,1H3,(H,28,31). The van der Waals surface area contributed by atoms with Crippen molar-refractivity contribution in [3.05, 3.63) is 89.0 Å². The van der Waals surface area contributed by atoms with Crippen molar-refractivity contribution >= 4 is 11.7 Å². The minimum atomic E-state index is -0.171. The number of carbonyl (C=O) groups is 2. The van der Waals surface area contributed by atoms with Crippen LogP contribution in [0, 0.1) is 0 Å². The predicted octanol–water partition coefficient (Wildman–Crippen LogP) is 4.47. The molecule has 1 N–H and O–H groups in total. The molecule has 1 unspecified atom stereocenters. The van der Waals surface area contributed by atoms with Gasteiger partial charge in [0.25, 0.3) is 5.91 Å². The summed E-state index contributed by atoms with van der Waals surface area (Å²) in [5.74, 6) is 0.643. The van der Waals surface area contributed by atoms with E-state index in [1.807, 2.05) is 48.5 Å². The molecular formula is C27H26N2O3. The van der Waals surface area contributed by atoms with Gasteiger partial charge in [-0.2, -0.15) is 0 Å². The summed E-state index contributed by atoms with van der Waals surface area (Å²) >= 11 is 0. The maximum absolute atomic E-state index is 13.1. The molecule has 0 aromatic heterocycles. The Hall–Kier alpha value is -3.44. The predicted molar refractivity (Wildman–Crippen MR) is 124 cm³/mol. The molecule has 0 saturated carbocycles. The fourth-order valence-electron chi connectivity index (χ4n) is 4.89. The Labute approximate surface area is 188 Å². The van der Waals surface area contributed by atoms with Gasteiger partial charge < -0.3 is 10.1 Å². The molecule has 1 heterocycles. The number of carbonyl (C=O) groups excluding carboxylic acids is 2. The number of benzene rings is 3. The van der Waals surface area contributed by atoms with E-state index in [2.05, 4.69) is 16.3 Å². The molecule has 1 fully saturated rings. The van der Waals surface area contributed by atoms with Gasteiger partial charge in [-0.1, -0.05) is 48.5 Å². The van der Waals surface area contributed by atoms with Crippen molar-refractivity contribution in [2.45, 2.75) is 18.9 Å². The summed E-state index contributed by atoms with van der Waals surface area (Å²) in [6.07, 6.45) is 2.32. The second-order valence-electron chi connectivity index (χ2n) is 8.35. The lowest BCUT2D eigenvalue weighted by Crippen LogP contribution is -2.37. The van der Waals surface area contributed by atoms with E-state index >= 15 is 0 Å². The number of likely N-dealkylation sites (tertiary alicyclic amines) is 1. The molecule has 3 aromatic rings. The summed E-state index contributed by atoms with van der Waals surface area (Å²) in [4.78, 5) is 28.3. The zero-order chi connectivity index (χ0) is 22.1. The van der Waals surface area contributed by atoms with Crippen LogP contribution in [-0.2, 0) is 0 Å². The average molecular weight is 427 g/mol. The minimum Gasteiger partial charge on any atom is -0.496 e. The molecule has 1 atom stereocenters. The molecule has 1 aliphatic heterocycles. The van der Waals surface area contributed by atoms with Crippen molar-refractivity contribution < 1.29 is 14.3 Å². The highest BCUT2D eigenvalue weighted by Crippen LogP contribution is 2.37. The molecule has 5 heteroatoms. The molecule has 32 heavy (non-hydrogen) atoms. The topological polar surface area (TPSA) is 58.6 Å². The van der Waals surface area contributed by atoms with Gasteiger partial charge in [-0.15, -0.1) is 0 Å². The molecule has 0 spiro atoms. The number of hydrogen-bond acceptors (Lipinski definition) is 4. The van der Waals surface area contributed by atoms with E-state index in [-0.39, 0.29) is 17.7 Å². The Morgan fingerprint density at radius 1 is 0.938 bits per heavy atom. The lowest BCUT2D eigenvalue weighted by atomic mass is 10.0. The van der Waals surface area contributed by atoms with Gasteiger partial charge in [-0.25, -0.2) is 0 Å². The summed E-state index contributed by atoms with van der Waals surface area (Å²) in [7, 11) is 1.68. The molecular weight excluding hydrogens is 400 g/mol. The zero-order valence-corrected chi connectivity index (χ0v) is 18.1. The molecule has 5 rings (SSSR count). The van der Waals surface area contributed by atoms with Gasteiger partial charge >= 0.3 is 0 Å². The largest absolute Gasteiger partial charge is 0.496 e. The monoisotopic (exact) mass is 426 g/mol. The van der Waals surface area contributed by atoms with Crippen LogP contribution in [0.15, 0.2) is 66.7 Å². The Morgan fingerprint density at radius 2 is 1.62 bits per heavy atom. The first-order valence-corrected chi connectivity index (χ1v) is 11.1. The van der Waals surface area contributed by atoms with Crippen LogP contribution in [0.1, 0.15) is 50.7 Å². The Balaban J connectivity index is 1.37. The van der Waals surface area contributed by atoms with Gasteiger partial charge in [-0.3, -0.25) is 14.5 Å². The SMILES string of the molecule is COc1ccccc1C(CNC(=O)c1ccc2c(c1)C(=O)c1ccccc1-2)N1CCCC1. The molecule has 1 aliphatic carbocycles. The van der Waals surface area contributed by atoms with E-state index in [1.165, 1.54) is 0 Å². The van der Waals surface area contributed by atoms with Crippen LogP contribution in [-0.4, -0.2) is 43.3 Å². The van der Waals surface area contributed by atoms with Gasteiger partial charge in [0.2, 0.25) is 0 Å². The number of ketones is 1. The van der Waals surface area contributed by atoms with Crippen LogP contribution in [0.2, 0.25) is 0 Å². The Morgan fingerprint density at radius 3 is 2.41 bits per heavy atom. The van der Waals surface area contributed by atoms with Crippen LogP contribution >= 0.6 is 0 Å². The number of fused-ring (bicyclic) bond motifs is 3. The van der Waals surface area contributed by atoms with Crippen LogP contribution < -0.4 is 10.1 Å². The first-order chi connectivity index (χ1) is 15.7. The second kappa shape index (κ2) is 8.60.